The van der Waals surface area contributed by atoms with Crippen LogP contribution in [0.25, 0.3) is 22.5 Å². The number of benzene rings is 1. The van der Waals surface area contributed by atoms with E-state index < -0.39 is 5.91 Å². The van der Waals surface area contributed by atoms with E-state index in [0.29, 0.717) is 5.69 Å². The van der Waals surface area contributed by atoms with E-state index in [0.717, 1.165) is 46.9 Å². The van der Waals surface area contributed by atoms with Gasteiger partial charge < -0.3 is 16.0 Å². The van der Waals surface area contributed by atoms with Crippen molar-refractivity contribution in [1.29, 1.82) is 0 Å². The van der Waals surface area contributed by atoms with Crippen molar-refractivity contribution in [2.45, 2.75) is 6.42 Å². The number of nitrogens with two attached hydrogens (primary N) is 1. The van der Waals surface area contributed by atoms with E-state index in [9.17, 15) is 4.79 Å². The molecule has 6 heteroatoms. The average molecular weight is 305 g/mol. The van der Waals surface area contributed by atoms with E-state index in [2.05, 4.69) is 20.3 Å². The number of aromatic amines is 1. The van der Waals surface area contributed by atoms with Gasteiger partial charge in [-0.1, -0.05) is 30.3 Å². The van der Waals surface area contributed by atoms with Crippen LogP contribution in [0, 0.1) is 0 Å². The third-order valence-electron chi connectivity index (χ3n) is 4.02. The van der Waals surface area contributed by atoms with Crippen LogP contribution in [0.5, 0.6) is 0 Å². The maximum atomic E-state index is 11.8. The highest BCUT2D eigenvalue weighted by molar-refractivity contribution is 5.99. The van der Waals surface area contributed by atoms with Gasteiger partial charge in [0.2, 0.25) is 0 Å². The Morgan fingerprint density at radius 2 is 2.00 bits per heavy atom. The Bertz CT molecular complexity index is 885. The van der Waals surface area contributed by atoms with Gasteiger partial charge in [0.25, 0.3) is 5.91 Å². The summed E-state index contributed by atoms with van der Waals surface area (Å²) in [6.45, 7) is 0.843. The summed E-state index contributed by atoms with van der Waals surface area (Å²) in [6.07, 6.45) is 2.39. The lowest BCUT2D eigenvalue weighted by Crippen LogP contribution is -2.12. The summed E-state index contributed by atoms with van der Waals surface area (Å²) < 4.78 is 0. The quantitative estimate of drug-likeness (QED) is 0.691. The highest BCUT2D eigenvalue weighted by atomic mass is 16.1. The summed E-state index contributed by atoms with van der Waals surface area (Å²) in [7, 11) is 0. The van der Waals surface area contributed by atoms with Crippen LogP contribution in [0.15, 0.2) is 42.7 Å². The van der Waals surface area contributed by atoms with Crippen LogP contribution in [0.4, 0.5) is 5.82 Å². The topological polar surface area (TPSA) is 96.7 Å². The largest absolute Gasteiger partial charge is 0.369 e. The normalized spacial score (nSPS) is 12.7. The van der Waals surface area contributed by atoms with Crippen LogP contribution in [-0.2, 0) is 6.42 Å². The van der Waals surface area contributed by atoms with Crippen molar-refractivity contribution >= 4 is 11.7 Å². The van der Waals surface area contributed by atoms with Crippen molar-refractivity contribution in [2.75, 3.05) is 11.9 Å². The molecule has 0 saturated carbocycles. The summed E-state index contributed by atoms with van der Waals surface area (Å²) in [5, 5.41) is 3.23. The van der Waals surface area contributed by atoms with Crippen molar-refractivity contribution in [2.24, 2.45) is 5.73 Å². The van der Waals surface area contributed by atoms with Crippen LogP contribution in [0.2, 0.25) is 0 Å². The van der Waals surface area contributed by atoms with Crippen LogP contribution in [-0.4, -0.2) is 27.4 Å². The van der Waals surface area contributed by atoms with Gasteiger partial charge in [-0.3, -0.25) is 4.79 Å². The summed E-state index contributed by atoms with van der Waals surface area (Å²) in [4.78, 5) is 23.6. The zero-order valence-electron chi connectivity index (χ0n) is 12.3. The van der Waals surface area contributed by atoms with E-state index in [1.165, 1.54) is 6.33 Å². The molecule has 0 saturated heterocycles. The second-order valence-electron chi connectivity index (χ2n) is 5.43. The number of carbonyl (C=O) groups excluding carboxylic acids is 1. The van der Waals surface area contributed by atoms with E-state index >= 15 is 0 Å². The maximum absolute atomic E-state index is 11.8. The van der Waals surface area contributed by atoms with E-state index in [1.54, 1.807) is 0 Å². The molecule has 1 aliphatic rings. The fourth-order valence-corrected chi connectivity index (χ4v) is 2.96. The monoisotopic (exact) mass is 305 g/mol. The van der Waals surface area contributed by atoms with Crippen LogP contribution in [0.3, 0.4) is 0 Å². The number of hydrogen-bond acceptors (Lipinski definition) is 4. The predicted octanol–water partition coefficient (Wildman–Crippen LogP) is 2.21. The molecule has 0 spiro atoms. The molecule has 3 aromatic rings. The molecule has 0 fully saturated rings. The molecule has 23 heavy (non-hydrogen) atoms. The van der Waals surface area contributed by atoms with Gasteiger partial charge in [0.05, 0.1) is 11.4 Å². The first-order valence-corrected chi connectivity index (χ1v) is 7.40. The average Bonchev–Trinajstić information content (AvgIpc) is 3.22. The van der Waals surface area contributed by atoms with Gasteiger partial charge in [-0.15, -0.1) is 0 Å². The number of hydrogen-bond donors (Lipinski definition) is 3. The van der Waals surface area contributed by atoms with Crippen LogP contribution >= 0.6 is 0 Å². The number of aromatic nitrogens is 3. The minimum Gasteiger partial charge on any atom is -0.369 e. The van der Waals surface area contributed by atoms with E-state index in [-0.39, 0.29) is 0 Å². The maximum Gasteiger partial charge on any atom is 0.265 e. The molecule has 114 valence electrons. The highest BCUT2D eigenvalue weighted by Crippen LogP contribution is 2.33. The molecule has 0 atom stereocenters. The van der Waals surface area contributed by atoms with Crippen molar-refractivity contribution in [3.05, 3.63) is 54.0 Å². The molecule has 2 aromatic heterocycles. The van der Waals surface area contributed by atoms with Crippen LogP contribution in [0.1, 0.15) is 16.1 Å². The van der Waals surface area contributed by atoms with Gasteiger partial charge in [0.15, 0.2) is 0 Å². The van der Waals surface area contributed by atoms with Crippen molar-refractivity contribution in [3.63, 3.8) is 0 Å². The molecule has 1 aliphatic heterocycles. The van der Waals surface area contributed by atoms with E-state index in [1.807, 2.05) is 36.4 Å². The lowest BCUT2D eigenvalue weighted by atomic mass is 10.0. The first kappa shape index (κ1) is 13.5. The Kier molecular flexibility index (Phi) is 3.08. The van der Waals surface area contributed by atoms with Gasteiger partial charge in [-0.25, -0.2) is 9.97 Å². The molecule has 0 bridgehead atoms. The fraction of sp³-hybridized carbons (Fsp3) is 0.118. The number of fused-ring (bicyclic) bond motifs is 1. The number of nitrogens with zero attached hydrogens (tertiary/aromatic N) is 2. The lowest BCUT2D eigenvalue weighted by molar-refractivity contribution is 0.0997. The van der Waals surface area contributed by atoms with Gasteiger partial charge in [-0.05, 0) is 18.1 Å². The number of anilines is 1. The standard InChI is InChI=1S/C17H15N5O/c18-16(23)15-12(10-4-2-1-3-5-10)8-13(22-15)14-11-6-7-19-17(11)21-9-20-14/h1-5,8-9,22H,6-7H2,(H2,18,23)(H,19,20,21). The SMILES string of the molecule is NC(=O)c1[nH]c(-c2ncnc3c2CCN3)cc1-c1ccccc1. The molecule has 1 aromatic carbocycles. The number of primary amides is 1. The zero-order valence-corrected chi connectivity index (χ0v) is 12.3. The number of rotatable bonds is 3. The van der Waals surface area contributed by atoms with Crippen molar-refractivity contribution < 1.29 is 4.79 Å². The van der Waals surface area contributed by atoms with Gasteiger partial charge in [0.1, 0.15) is 17.8 Å². The molecule has 0 aliphatic carbocycles. The smallest absolute Gasteiger partial charge is 0.265 e. The highest BCUT2D eigenvalue weighted by Gasteiger charge is 2.21. The molecule has 6 nitrogen and oxygen atoms in total. The minimum absolute atomic E-state index is 0.393. The summed E-state index contributed by atoms with van der Waals surface area (Å²) in [5.74, 6) is 0.366. The van der Waals surface area contributed by atoms with Gasteiger partial charge in [0, 0.05) is 17.7 Å². The van der Waals surface area contributed by atoms with Gasteiger partial charge >= 0.3 is 0 Å². The third kappa shape index (κ3) is 2.24. The Balaban J connectivity index is 1.89. The second-order valence-corrected chi connectivity index (χ2v) is 5.43. The van der Waals surface area contributed by atoms with Crippen molar-refractivity contribution in [1.82, 2.24) is 15.0 Å². The number of amides is 1. The molecule has 4 rings (SSSR count). The molecule has 3 heterocycles. The molecule has 0 radical (unpaired) electrons. The van der Waals surface area contributed by atoms with Gasteiger partial charge in [-0.2, -0.15) is 0 Å². The Morgan fingerprint density at radius 1 is 1.17 bits per heavy atom. The number of carbonyl (C=O) groups is 1. The fourth-order valence-electron chi connectivity index (χ4n) is 2.96. The van der Waals surface area contributed by atoms with E-state index in [4.69, 9.17) is 5.73 Å². The molecule has 0 unspecified atom stereocenters. The summed E-state index contributed by atoms with van der Waals surface area (Å²) in [5.41, 5.74) is 10.3. The lowest BCUT2D eigenvalue weighted by Gasteiger charge is -2.03. The van der Waals surface area contributed by atoms with Crippen molar-refractivity contribution in [3.8, 4) is 22.5 Å². The summed E-state index contributed by atoms with van der Waals surface area (Å²) in [6, 6.07) is 11.6. The third-order valence-corrected chi connectivity index (χ3v) is 4.02. The Hall–Kier alpha value is -3.15. The summed E-state index contributed by atoms with van der Waals surface area (Å²) >= 11 is 0. The predicted molar refractivity (Wildman–Crippen MR) is 88.0 cm³/mol. The minimum atomic E-state index is -0.487. The molecule has 4 N–H and O–H groups in total. The number of nitrogens with one attached hydrogen (secondary N) is 2. The zero-order chi connectivity index (χ0) is 15.8. The molecular formula is C17H15N5O. The van der Waals surface area contributed by atoms with Crippen LogP contribution < -0.4 is 11.1 Å². The Morgan fingerprint density at radius 3 is 2.78 bits per heavy atom. The Labute approximate surface area is 132 Å². The first-order chi connectivity index (χ1) is 11.2. The molecular weight excluding hydrogens is 290 g/mol. The first-order valence-electron chi connectivity index (χ1n) is 7.40. The second kappa shape index (κ2) is 5.24. The number of H-pyrrole nitrogens is 1. The molecule has 1 amide bonds.